The first-order chi connectivity index (χ1) is 25.7. The van der Waals surface area contributed by atoms with E-state index in [1.807, 2.05) is 58.6 Å². The van der Waals surface area contributed by atoms with E-state index in [2.05, 4.69) is 6.58 Å². The van der Waals surface area contributed by atoms with Crippen molar-refractivity contribution < 1.29 is 33.0 Å². The lowest BCUT2D eigenvalue weighted by atomic mass is 9.98. The third-order valence-electron chi connectivity index (χ3n) is 8.49. The van der Waals surface area contributed by atoms with Crippen molar-refractivity contribution in [1.29, 1.82) is 0 Å². The molecule has 0 fully saturated rings. The van der Waals surface area contributed by atoms with Crippen LogP contribution in [0.15, 0.2) is 57.0 Å². The van der Waals surface area contributed by atoms with Gasteiger partial charge < -0.3 is 40.6 Å². The molecule has 0 amide bonds. The van der Waals surface area contributed by atoms with E-state index < -0.39 is 35.5 Å². The fourth-order valence-electron chi connectivity index (χ4n) is 5.40. The van der Waals surface area contributed by atoms with Gasteiger partial charge in [0.15, 0.2) is 11.5 Å². The van der Waals surface area contributed by atoms with Crippen LogP contribution >= 0.6 is 35.3 Å². The summed E-state index contributed by atoms with van der Waals surface area (Å²) >= 11 is 4.77. The van der Waals surface area contributed by atoms with Crippen molar-refractivity contribution in [3.63, 3.8) is 0 Å². The van der Waals surface area contributed by atoms with Crippen LogP contribution in [-0.4, -0.2) is 73.2 Å². The average molecular weight is 802 g/mol. The Morgan fingerprint density at radius 2 is 1.19 bits per heavy atom. The highest BCUT2D eigenvalue weighted by Gasteiger charge is 2.29. The molecule has 6 N–H and O–H groups in total. The molecule has 3 rings (SSSR count). The number of carbonyl (C=O) groups is 2. The third-order valence-corrected chi connectivity index (χ3v) is 10.4. The minimum absolute atomic E-state index is 0.0467. The predicted molar refractivity (Wildman–Crippen MR) is 227 cm³/mol. The Bertz CT molecular complexity index is 1930. The van der Waals surface area contributed by atoms with Gasteiger partial charge in [-0.2, -0.15) is 35.3 Å². The van der Waals surface area contributed by atoms with E-state index in [-0.39, 0.29) is 63.5 Å². The van der Waals surface area contributed by atoms with Gasteiger partial charge in [-0.05, 0) is 95.8 Å². The monoisotopic (exact) mass is 801 g/mol. The number of rotatable bonds is 21. The molecule has 14 heteroatoms. The van der Waals surface area contributed by atoms with Gasteiger partial charge in [-0.3, -0.25) is 4.79 Å². The summed E-state index contributed by atoms with van der Waals surface area (Å²) in [6.07, 6.45) is 11.6. The van der Waals surface area contributed by atoms with Crippen LogP contribution in [0.4, 0.5) is 0 Å². The Kier molecular flexibility index (Phi) is 18.0. The van der Waals surface area contributed by atoms with Crippen LogP contribution in [0.3, 0.4) is 0 Å². The van der Waals surface area contributed by atoms with Crippen LogP contribution in [0, 0.1) is 0 Å². The number of ether oxygens (including phenoxy) is 4. The first-order valence-electron chi connectivity index (χ1n) is 17.6. The molecule has 3 aromatic rings. The molecule has 0 saturated heterocycles. The predicted octanol–water partition coefficient (Wildman–Crippen LogP) is 6.92. The van der Waals surface area contributed by atoms with E-state index in [0.717, 1.165) is 16.9 Å². The summed E-state index contributed by atoms with van der Waals surface area (Å²) in [7, 11) is 1.44. The van der Waals surface area contributed by atoms with E-state index in [1.54, 1.807) is 35.3 Å². The number of esters is 2. The van der Waals surface area contributed by atoms with Crippen LogP contribution in [0.2, 0.25) is 0 Å². The van der Waals surface area contributed by atoms with E-state index >= 15 is 4.79 Å². The molecule has 1 heterocycles. The molecule has 0 spiro atoms. The van der Waals surface area contributed by atoms with Gasteiger partial charge in [0, 0.05) is 23.3 Å². The van der Waals surface area contributed by atoms with Gasteiger partial charge in [0.05, 0.1) is 18.5 Å². The van der Waals surface area contributed by atoms with E-state index in [0.29, 0.717) is 41.9 Å². The lowest BCUT2D eigenvalue weighted by Crippen LogP contribution is -2.35. The van der Waals surface area contributed by atoms with Gasteiger partial charge in [-0.15, -0.1) is 0 Å². The van der Waals surface area contributed by atoms with Gasteiger partial charge in [0.2, 0.25) is 5.43 Å². The second-order valence-corrected chi connectivity index (χ2v) is 16.2. The molecule has 2 aromatic carbocycles. The van der Waals surface area contributed by atoms with Gasteiger partial charge in [0.25, 0.3) is 0 Å². The van der Waals surface area contributed by atoms with Crippen LogP contribution in [-0.2, 0) is 22.4 Å². The van der Waals surface area contributed by atoms with Crippen LogP contribution in [0.5, 0.6) is 23.0 Å². The maximum Gasteiger partial charge on any atom is 0.328 e. The van der Waals surface area contributed by atoms with Gasteiger partial charge in [-0.1, -0.05) is 29.9 Å². The van der Waals surface area contributed by atoms with Crippen LogP contribution in [0.25, 0.3) is 21.9 Å². The summed E-state index contributed by atoms with van der Waals surface area (Å²) in [6, 6.07) is 0.611. The largest absolute Gasteiger partial charge is 0.493 e. The molecule has 0 radical (unpaired) electrons. The summed E-state index contributed by atoms with van der Waals surface area (Å²) in [4.78, 5) is 41.5. The van der Waals surface area contributed by atoms with Crippen molar-refractivity contribution in [2.24, 2.45) is 17.2 Å². The molecule has 296 valence electrons. The topological polar surface area (TPSA) is 179 Å². The van der Waals surface area contributed by atoms with Crippen molar-refractivity contribution in [3.05, 3.63) is 69.1 Å². The lowest BCUT2D eigenvalue weighted by Gasteiger charge is -2.22. The third kappa shape index (κ3) is 11.8. The SMILES string of the molecule is C=C(Oc1c(CC=C(C)C)c(OC(=O)[C@H](N)CCSC)cc2oc3cc(OC(=O)[C@H](N)CCSC)c(OC)c(CC=C(C)C)c3c(=O)c12)[C@H](N)CCSC. The number of nitrogens with two attached hydrogens (primary N) is 3. The molecule has 54 heavy (non-hydrogen) atoms. The zero-order chi connectivity index (χ0) is 40.1. The summed E-state index contributed by atoms with van der Waals surface area (Å²) in [5, 5.41) is 0.288. The van der Waals surface area contributed by atoms with Crippen molar-refractivity contribution in [1.82, 2.24) is 0 Å². The van der Waals surface area contributed by atoms with Gasteiger partial charge in [0.1, 0.15) is 45.9 Å². The molecule has 0 unspecified atom stereocenters. The van der Waals surface area contributed by atoms with Crippen molar-refractivity contribution in [3.8, 4) is 23.0 Å². The molecule has 0 aliphatic carbocycles. The molecule has 11 nitrogen and oxygen atoms in total. The maximum absolute atomic E-state index is 15.0. The molecule has 0 aliphatic rings. The number of carbonyl (C=O) groups excluding carboxylic acids is 2. The van der Waals surface area contributed by atoms with Gasteiger partial charge in [-0.25, -0.2) is 9.59 Å². The standard InChI is InChI=1S/C40H55N3O8S3/c1-22(2)10-12-25-30(50-39(45)28(42)15-18-53-8)20-32-35(38(25)48-24(5)27(41)14-17-52-7)36(44)34-26(13-11-23(3)4)37(47-6)33(21-31(34)49-32)51-40(46)29(43)16-19-54-9/h10-11,20-21,27-29H,5,12-19,41-43H2,1-4,6-9H3/t27-,28-,29-/m1/s1. The Labute approximate surface area is 331 Å². The fourth-order valence-corrected chi connectivity index (χ4v) is 6.87. The van der Waals surface area contributed by atoms with Crippen molar-refractivity contribution in [2.45, 2.75) is 77.9 Å². The van der Waals surface area contributed by atoms with Crippen molar-refractivity contribution >= 4 is 69.2 Å². The normalized spacial score (nSPS) is 12.9. The summed E-state index contributed by atoms with van der Waals surface area (Å²) < 4.78 is 30.6. The molecule has 0 bridgehead atoms. The molecule has 0 aliphatic heterocycles. The average Bonchev–Trinajstić information content (AvgIpc) is 3.12. The number of allylic oxidation sites excluding steroid dienone is 4. The Hall–Kier alpha value is -3.40. The smallest absolute Gasteiger partial charge is 0.328 e. The second kappa shape index (κ2) is 21.6. The summed E-state index contributed by atoms with van der Waals surface area (Å²) in [5.74, 6) is 1.47. The minimum Gasteiger partial charge on any atom is -0.493 e. The quantitative estimate of drug-likeness (QED) is 0.0332. The number of hydrogen-bond donors (Lipinski definition) is 3. The highest BCUT2D eigenvalue weighted by atomic mass is 32.2. The zero-order valence-electron chi connectivity index (χ0n) is 32.6. The van der Waals surface area contributed by atoms with Gasteiger partial charge >= 0.3 is 11.9 Å². The molecule has 0 saturated carbocycles. The fraction of sp³-hybridized carbons (Fsp3) is 0.475. The summed E-state index contributed by atoms with van der Waals surface area (Å²) in [5.41, 5.74) is 21.5. The Morgan fingerprint density at radius 1 is 0.722 bits per heavy atom. The lowest BCUT2D eigenvalue weighted by molar-refractivity contribution is -0.136. The number of methoxy groups -OCH3 is 1. The Morgan fingerprint density at radius 3 is 1.69 bits per heavy atom. The molecular weight excluding hydrogens is 747 g/mol. The first-order valence-corrected chi connectivity index (χ1v) is 21.8. The van der Waals surface area contributed by atoms with Crippen molar-refractivity contribution in [2.75, 3.05) is 43.1 Å². The molecular formula is C40H55N3O8S3. The van der Waals surface area contributed by atoms with Crippen LogP contribution in [0.1, 0.15) is 58.1 Å². The van der Waals surface area contributed by atoms with E-state index in [9.17, 15) is 9.59 Å². The number of fused-ring (bicyclic) bond motifs is 2. The zero-order valence-corrected chi connectivity index (χ0v) is 35.1. The summed E-state index contributed by atoms with van der Waals surface area (Å²) in [6.45, 7) is 11.9. The highest BCUT2D eigenvalue weighted by molar-refractivity contribution is 7.98. The number of benzene rings is 2. The molecule has 1 aromatic heterocycles. The van der Waals surface area contributed by atoms with Crippen LogP contribution < -0.4 is 41.6 Å². The molecule has 3 atom stereocenters. The highest BCUT2D eigenvalue weighted by Crippen LogP contribution is 2.43. The number of thioether (sulfide) groups is 3. The number of hydrogen-bond acceptors (Lipinski definition) is 14. The maximum atomic E-state index is 15.0. The van der Waals surface area contributed by atoms with E-state index in [1.165, 1.54) is 19.2 Å². The Balaban J connectivity index is 2.50. The van der Waals surface area contributed by atoms with E-state index in [4.69, 9.17) is 40.6 Å². The first kappa shape index (κ1) is 45.0. The minimum atomic E-state index is -0.892. The second-order valence-electron chi connectivity index (χ2n) is 13.3.